The summed E-state index contributed by atoms with van der Waals surface area (Å²) in [4.78, 5) is 45.8. The Kier molecular flexibility index (Phi) is 6.33. The number of nitrogens with two attached hydrogens (primary N) is 1. The SMILES string of the molecule is Nc1nc(/C(=N/OCF)C(=O)N[C@@H]2C(=O)N3C(C(=O)O)=C(CI)CS[C@H]23)ns1. The van der Waals surface area contributed by atoms with Crippen molar-refractivity contribution in [2.24, 2.45) is 5.16 Å². The summed E-state index contributed by atoms with van der Waals surface area (Å²) in [6.45, 7) is -1.28. The largest absolute Gasteiger partial charge is 0.477 e. The second kappa shape index (κ2) is 8.56. The number of oxime groups is 1. The van der Waals surface area contributed by atoms with Gasteiger partial charge in [0.25, 0.3) is 18.7 Å². The van der Waals surface area contributed by atoms with Crippen molar-refractivity contribution in [3.05, 3.63) is 17.1 Å². The maximum atomic E-state index is 12.5. The minimum Gasteiger partial charge on any atom is -0.477 e. The molecule has 0 bridgehead atoms. The van der Waals surface area contributed by atoms with E-state index in [1.54, 1.807) is 0 Å². The number of rotatable bonds is 7. The van der Waals surface area contributed by atoms with Crippen molar-refractivity contribution in [1.29, 1.82) is 0 Å². The van der Waals surface area contributed by atoms with Gasteiger partial charge in [0.1, 0.15) is 17.1 Å². The Morgan fingerprint density at radius 1 is 1.54 bits per heavy atom. The van der Waals surface area contributed by atoms with Gasteiger partial charge in [0.2, 0.25) is 11.5 Å². The second-order valence-electron chi connectivity index (χ2n) is 5.39. The van der Waals surface area contributed by atoms with Crippen LogP contribution in [-0.2, 0) is 19.2 Å². The number of hydrogen-bond donors (Lipinski definition) is 3. The van der Waals surface area contributed by atoms with E-state index in [2.05, 4.69) is 24.7 Å². The number of halogens is 2. The van der Waals surface area contributed by atoms with Crippen LogP contribution in [0.2, 0.25) is 0 Å². The van der Waals surface area contributed by atoms with Crippen molar-refractivity contribution in [1.82, 2.24) is 19.6 Å². The summed E-state index contributed by atoms with van der Waals surface area (Å²) in [5, 5.41) is 14.7. The first-order chi connectivity index (χ1) is 13.4. The van der Waals surface area contributed by atoms with Crippen LogP contribution in [0, 0.1) is 0 Å². The molecule has 3 heterocycles. The molecule has 150 valence electrons. The number of carboxylic acids is 1. The van der Waals surface area contributed by atoms with E-state index in [9.17, 15) is 23.9 Å². The number of anilines is 1. The maximum absolute atomic E-state index is 12.5. The fourth-order valence-electron chi connectivity index (χ4n) is 2.60. The molecule has 2 amide bonds. The number of fused-ring (bicyclic) bond motifs is 1. The number of carboxylic acid groups (broad SMARTS) is 1. The van der Waals surface area contributed by atoms with E-state index in [0.29, 0.717) is 15.8 Å². The van der Waals surface area contributed by atoms with E-state index in [0.717, 1.165) is 16.4 Å². The third-order valence-corrected chi connectivity index (χ3v) is 6.57. The van der Waals surface area contributed by atoms with Crippen LogP contribution in [0.4, 0.5) is 9.52 Å². The molecule has 4 N–H and O–H groups in total. The van der Waals surface area contributed by atoms with Gasteiger partial charge in [0.15, 0.2) is 5.13 Å². The predicted molar refractivity (Wildman–Crippen MR) is 106 cm³/mol. The highest BCUT2D eigenvalue weighted by Crippen LogP contribution is 2.40. The zero-order valence-corrected chi connectivity index (χ0v) is 17.6. The van der Waals surface area contributed by atoms with Gasteiger partial charge in [-0.05, 0) is 5.57 Å². The highest BCUT2D eigenvalue weighted by Gasteiger charge is 2.54. The van der Waals surface area contributed by atoms with Crippen molar-refractivity contribution in [3.63, 3.8) is 0 Å². The van der Waals surface area contributed by atoms with E-state index in [4.69, 9.17) is 5.73 Å². The Bertz CT molecular complexity index is 893. The molecule has 0 spiro atoms. The number of alkyl halides is 2. The number of β-lactam (4-membered cyclic amide) rings is 1. The zero-order chi connectivity index (χ0) is 20.4. The summed E-state index contributed by atoms with van der Waals surface area (Å²) < 4.78 is 16.6. The Hall–Kier alpha value is -2.01. The zero-order valence-electron chi connectivity index (χ0n) is 13.8. The minimum absolute atomic E-state index is 0.0581. The molecule has 1 fully saturated rings. The highest BCUT2D eigenvalue weighted by atomic mass is 127. The lowest BCUT2D eigenvalue weighted by atomic mass is 10.0. The summed E-state index contributed by atoms with van der Waals surface area (Å²) >= 11 is 4.17. The number of amides is 2. The molecule has 2 atom stereocenters. The van der Waals surface area contributed by atoms with Crippen LogP contribution in [0.3, 0.4) is 0 Å². The first kappa shape index (κ1) is 20.7. The number of aromatic nitrogens is 2. The summed E-state index contributed by atoms with van der Waals surface area (Å²) in [6.07, 6.45) is 0. The number of nitrogens with one attached hydrogen (secondary N) is 1. The Morgan fingerprint density at radius 2 is 2.29 bits per heavy atom. The topological polar surface area (TPSA) is 160 Å². The highest BCUT2D eigenvalue weighted by molar-refractivity contribution is 14.1. The number of aliphatic carboxylic acids is 1. The van der Waals surface area contributed by atoms with E-state index in [-0.39, 0.29) is 16.7 Å². The first-order valence-corrected chi connectivity index (χ1v) is 10.9. The fourth-order valence-corrected chi connectivity index (χ4v) is 5.38. The van der Waals surface area contributed by atoms with Gasteiger partial charge in [0, 0.05) is 21.7 Å². The molecule has 2 aliphatic rings. The van der Waals surface area contributed by atoms with Crippen LogP contribution < -0.4 is 11.1 Å². The van der Waals surface area contributed by atoms with Gasteiger partial charge in [-0.15, -0.1) is 11.8 Å². The molecule has 0 aliphatic carbocycles. The standard InChI is InChI=1S/C13H12FIN6O5S2/c14-3-26-19-5(8-18-13(16)28-20-8)9(22)17-6-10(23)21-7(12(24)25)4(1-15)2-27-11(6)21/h6,11H,1-3H2,(H,17,22)(H,24,25)(H2,16,18,20)/b19-5-/t6-,11-/m1/s1. The lowest BCUT2D eigenvalue weighted by Crippen LogP contribution is -2.71. The van der Waals surface area contributed by atoms with Crippen LogP contribution in [0.5, 0.6) is 0 Å². The lowest BCUT2D eigenvalue weighted by molar-refractivity contribution is -0.150. The predicted octanol–water partition coefficient (Wildman–Crippen LogP) is -0.0584. The monoisotopic (exact) mass is 542 g/mol. The van der Waals surface area contributed by atoms with Gasteiger partial charge < -0.3 is 21.0 Å². The van der Waals surface area contributed by atoms with E-state index < -0.39 is 41.8 Å². The molecule has 0 unspecified atom stereocenters. The van der Waals surface area contributed by atoms with Gasteiger partial charge in [-0.25, -0.2) is 9.18 Å². The number of hydrogen-bond acceptors (Lipinski definition) is 10. The first-order valence-electron chi connectivity index (χ1n) is 7.51. The van der Waals surface area contributed by atoms with Crippen molar-refractivity contribution in [2.75, 3.05) is 22.8 Å². The molecule has 0 aromatic carbocycles. The van der Waals surface area contributed by atoms with Crippen LogP contribution in [-0.4, -0.2) is 71.3 Å². The second-order valence-corrected chi connectivity index (χ2v) is 8.04. The molecule has 28 heavy (non-hydrogen) atoms. The number of carbonyl (C=O) groups is 3. The van der Waals surface area contributed by atoms with Crippen LogP contribution in [0.1, 0.15) is 5.82 Å². The number of carbonyl (C=O) groups excluding carboxylic acids is 2. The van der Waals surface area contributed by atoms with Crippen molar-refractivity contribution >= 4 is 74.5 Å². The Balaban J connectivity index is 1.79. The van der Waals surface area contributed by atoms with Gasteiger partial charge in [0.05, 0.1) is 0 Å². The van der Waals surface area contributed by atoms with E-state index >= 15 is 0 Å². The van der Waals surface area contributed by atoms with Gasteiger partial charge in [-0.3, -0.25) is 14.5 Å². The van der Waals surface area contributed by atoms with Crippen LogP contribution >= 0.6 is 45.9 Å². The van der Waals surface area contributed by atoms with Crippen molar-refractivity contribution in [2.45, 2.75) is 11.4 Å². The molecule has 11 nitrogen and oxygen atoms in total. The number of nitrogen functional groups attached to an aromatic ring is 1. The van der Waals surface area contributed by atoms with Gasteiger partial charge >= 0.3 is 5.97 Å². The summed E-state index contributed by atoms with van der Waals surface area (Å²) in [5.41, 5.74) is 5.61. The smallest absolute Gasteiger partial charge is 0.352 e. The molecule has 1 saturated heterocycles. The van der Waals surface area contributed by atoms with Crippen molar-refractivity contribution < 1.29 is 28.7 Å². The molecular formula is C13H12FIN6O5S2. The lowest BCUT2D eigenvalue weighted by Gasteiger charge is -2.49. The van der Waals surface area contributed by atoms with Crippen LogP contribution in [0.15, 0.2) is 16.4 Å². The molecule has 3 rings (SSSR count). The Morgan fingerprint density at radius 3 is 2.86 bits per heavy atom. The number of thioether (sulfide) groups is 1. The van der Waals surface area contributed by atoms with E-state index in [1.165, 1.54) is 11.8 Å². The van der Waals surface area contributed by atoms with Gasteiger partial charge in [-0.2, -0.15) is 9.36 Å². The molecule has 2 aliphatic heterocycles. The van der Waals surface area contributed by atoms with E-state index in [1.807, 2.05) is 22.6 Å². The average molecular weight is 542 g/mol. The molecule has 1 aromatic heterocycles. The number of nitrogens with zero attached hydrogens (tertiary/aromatic N) is 4. The van der Waals surface area contributed by atoms with Crippen molar-refractivity contribution in [3.8, 4) is 0 Å². The third kappa shape index (κ3) is 3.77. The fraction of sp³-hybridized carbons (Fsp3) is 0.385. The average Bonchev–Trinajstić information content (AvgIpc) is 3.10. The summed E-state index contributed by atoms with van der Waals surface area (Å²) in [6, 6.07) is -0.978. The normalized spacial score (nSPS) is 21.9. The Labute approximate surface area is 178 Å². The van der Waals surface area contributed by atoms with Gasteiger partial charge in [-0.1, -0.05) is 27.7 Å². The summed E-state index contributed by atoms with van der Waals surface area (Å²) in [5.74, 6) is -2.39. The molecule has 15 heteroatoms. The third-order valence-electron chi connectivity index (χ3n) is 3.77. The van der Waals surface area contributed by atoms with Crippen LogP contribution in [0.25, 0.3) is 0 Å². The molecule has 1 aromatic rings. The molecule has 0 saturated carbocycles. The quantitative estimate of drug-likeness (QED) is 0.141. The molecular weight excluding hydrogens is 530 g/mol. The summed E-state index contributed by atoms with van der Waals surface area (Å²) in [7, 11) is 0. The maximum Gasteiger partial charge on any atom is 0.352 e. The molecule has 0 radical (unpaired) electrons. The minimum atomic E-state index is -1.28.